The van der Waals surface area contributed by atoms with Gasteiger partial charge in [0.1, 0.15) is 6.10 Å². The van der Waals surface area contributed by atoms with Crippen molar-refractivity contribution in [3.63, 3.8) is 0 Å². The predicted molar refractivity (Wildman–Crippen MR) is 231 cm³/mol. The van der Waals surface area contributed by atoms with Crippen LogP contribution >= 0.6 is 0 Å². The lowest BCUT2D eigenvalue weighted by molar-refractivity contribution is -0.131. The summed E-state index contributed by atoms with van der Waals surface area (Å²) in [6, 6.07) is -0.816. The van der Waals surface area contributed by atoms with Crippen LogP contribution in [0.4, 0.5) is 0 Å². The lowest BCUT2D eigenvalue weighted by Gasteiger charge is -2.21. The van der Waals surface area contributed by atoms with Crippen LogP contribution in [0, 0.1) is 0 Å². The van der Waals surface area contributed by atoms with Crippen LogP contribution < -0.4 is 5.32 Å². The maximum absolute atomic E-state index is 12.4. The van der Waals surface area contributed by atoms with E-state index < -0.39 is 24.2 Å². The molecule has 0 heterocycles. The van der Waals surface area contributed by atoms with Gasteiger partial charge >= 0.3 is 0 Å². The van der Waals surface area contributed by atoms with E-state index >= 15 is 0 Å². The minimum absolute atomic E-state index is 0.381. The van der Waals surface area contributed by atoms with Gasteiger partial charge in [-0.3, -0.25) is 4.79 Å². The summed E-state index contributed by atoms with van der Waals surface area (Å²) in [5.74, 6) is -0.518. The number of carbonyl (C=O) groups excluding carboxylic acids is 1. The number of aliphatic hydroxyl groups is 3. The second kappa shape index (κ2) is 43.3. The van der Waals surface area contributed by atoms with Crippen molar-refractivity contribution in [3.8, 4) is 0 Å². The molecule has 0 aliphatic heterocycles. The number of aliphatic hydroxyl groups excluding tert-OH is 3. The molecule has 1 amide bonds. The van der Waals surface area contributed by atoms with Crippen LogP contribution in [0.15, 0.2) is 36.5 Å². The van der Waals surface area contributed by atoms with Crippen LogP contribution in [0.3, 0.4) is 0 Å². The Kier molecular flexibility index (Phi) is 42.1. The van der Waals surface area contributed by atoms with Crippen LogP contribution in [-0.2, 0) is 4.79 Å². The summed E-state index contributed by atoms with van der Waals surface area (Å²) in [5.41, 5.74) is 0. The van der Waals surface area contributed by atoms with Crippen molar-refractivity contribution >= 4 is 5.91 Å². The van der Waals surface area contributed by atoms with E-state index in [9.17, 15) is 20.1 Å². The van der Waals surface area contributed by atoms with Crippen LogP contribution in [0.5, 0.6) is 0 Å². The maximum Gasteiger partial charge on any atom is 0.249 e. The maximum atomic E-state index is 12.4. The first-order valence-corrected chi connectivity index (χ1v) is 23.3. The van der Waals surface area contributed by atoms with E-state index in [4.69, 9.17) is 0 Å². The van der Waals surface area contributed by atoms with Crippen molar-refractivity contribution in [2.45, 2.75) is 257 Å². The zero-order chi connectivity index (χ0) is 38.7. The largest absolute Gasteiger partial charge is 0.394 e. The number of allylic oxidation sites excluding steroid dienone is 5. The molecule has 5 nitrogen and oxygen atoms in total. The summed E-state index contributed by atoms with van der Waals surface area (Å²) in [4.78, 5) is 12.4. The highest BCUT2D eigenvalue weighted by Crippen LogP contribution is 2.17. The van der Waals surface area contributed by atoms with Crippen LogP contribution in [0.1, 0.15) is 239 Å². The molecule has 0 saturated heterocycles. The monoisotopic (exact) mass is 746 g/mol. The lowest BCUT2D eigenvalue weighted by Crippen LogP contribution is -2.48. The van der Waals surface area contributed by atoms with E-state index in [2.05, 4.69) is 36.5 Å². The molecule has 0 spiro atoms. The Bertz CT molecular complexity index is 824. The van der Waals surface area contributed by atoms with Gasteiger partial charge in [-0.2, -0.15) is 0 Å². The fourth-order valence-electron chi connectivity index (χ4n) is 7.17. The first-order valence-electron chi connectivity index (χ1n) is 23.3. The molecule has 0 aliphatic rings. The van der Waals surface area contributed by atoms with E-state index in [1.54, 1.807) is 6.08 Å². The van der Waals surface area contributed by atoms with E-state index in [0.717, 1.165) is 44.9 Å². The van der Waals surface area contributed by atoms with Crippen LogP contribution in [0.2, 0.25) is 0 Å². The molecule has 312 valence electrons. The Labute approximate surface area is 330 Å². The summed E-state index contributed by atoms with van der Waals surface area (Å²) < 4.78 is 0. The van der Waals surface area contributed by atoms with Gasteiger partial charge in [-0.25, -0.2) is 0 Å². The number of carbonyl (C=O) groups is 1. The average Bonchev–Trinajstić information content (AvgIpc) is 3.16. The molecule has 0 radical (unpaired) electrons. The number of hydrogen-bond donors (Lipinski definition) is 4. The SMILES string of the molecule is C/C=C/CC/C=C/CC/C=C/C(O)C(CO)NC(=O)C(O)CCCCCCCCCCCCCCCCCCCCCCCCCCCCCCCC. The van der Waals surface area contributed by atoms with E-state index in [1.165, 1.54) is 173 Å². The van der Waals surface area contributed by atoms with Gasteiger partial charge in [0.05, 0.1) is 18.8 Å². The Hall–Kier alpha value is -1.43. The highest BCUT2D eigenvalue weighted by atomic mass is 16.3. The molecule has 0 aromatic carbocycles. The topological polar surface area (TPSA) is 89.8 Å². The van der Waals surface area contributed by atoms with E-state index in [-0.39, 0.29) is 6.61 Å². The molecular weight excluding hydrogens is 655 g/mol. The third kappa shape index (κ3) is 38.6. The van der Waals surface area contributed by atoms with Crippen LogP contribution in [-0.4, -0.2) is 46.1 Å². The first kappa shape index (κ1) is 51.6. The molecule has 0 aromatic rings. The molecule has 0 fully saturated rings. The fourth-order valence-corrected chi connectivity index (χ4v) is 7.17. The standard InChI is InChI=1S/C48H91NO4/c1-3-5-7-9-11-13-14-15-16-17-18-19-20-21-22-23-24-25-26-27-28-29-30-31-32-33-35-37-39-41-43-47(52)48(53)49-45(44-50)46(51)42-40-38-36-34-12-10-8-6-4-2/h4,6,12,34,40,42,45-47,50-52H,3,5,7-11,13-33,35-39,41,43-44H2,1-2H3,(H,49,53)/b6-4+,34-12+,42-40+. The highest BCUT2D eigenvalue weighted by molar-refractivity contribution is 5.80. The zero-order valence-corrected chi connectivity index (χ0v) is 35.4. The fraction of sp³-hybridized carbons (Fsp3) is 0.854. The quantitative estimate of drug-likeness (QED) is 0.0370. The predicted octanol–water partition coefficient (Wildman–Crippen LogP) is 13.5. The zero-order valence-electron chi connectivity index (χ0n) is 35.4. The molecule has 0 bridgehead atoms. The molecule has 0 saturated carbocycles. The number of nitrogens with one attached hydrogen (secondary N) is 1. The Morgan fingerprint density at radius 3 is 1.15 bits per heavy atom. The molecule has 5 heteroatoms. The summed E-state index contributed by atoms with van der Waals surface area (Å²) in [6.45, 7) is 3.94. The molecule has 4 N–H and O–H groups in total. The molecule has 3 unspecified atom stereocenters. The van der Waals surface area contributed by atoms with Crippen LogP contribution in [0.25, 0.3) is 0 Å². The van der Waals surface area contributed by atoms with E-state index in [1.807, 2.05) is 13.0 Å². The smallest absolute Gasteiger partial charge is 0.249 e. The molecular formula is C48H91NO4. The third-order valence-corrected chi connectivity index (χ3v) is 10.8. The van der Waals surface area contributed by atoms with Crippen molar-refractivity contribution in [2.24, 2.45) is 0 Å². The number of rotatable bonds is 42. The Morgan fingerprint density at radius 1 is 0.491 bits per heavy atom. The number of unbranched alkanes of at least 4 members (excludes halogenated alkanes) is 31. The van der Waals surface area contributed by atoms with E-state index in [0.29, 0.717) is 6.42 Å². The Balaban J connectivity index is 3.47. The van der Waals surface area contributed by atoms with Gasteiger partial charge in [0.2, 0.25) is 5.91 Å². The van der Waals surface area contributed by atoms with Crippen molar-refractivity contribution in [2.75, 3.05) is 6.61 Å². The molecule has 53 heavy (non-hydrogen) atoms. The van der Waals surface area contributed by atoms with Gasteiger partial charge in [-0.1, -0.05) is 236 Å². The van der Waals surface area contributed by atoms with Crippen molar-refractivity contribution < 1.29 is 20.1 Å². The number of amides is 1. The molecule has 0 aromatic heterocycles. The highest BCUT2D eigenvalue weighted by Gasteiger charge is 2.22. The summed E-state index contributed by atoms with van der Waals surface area (Å²) in [7, 11) is 0. The minimum atomic E-state index is -1.10. The Morgan fingerprint density at radius 2 is 0.811 bits per heavy atom. The second-order valence-electron chi connectivity index (χ2n) is 16.0. The minimum Gasteiger partial charge on any atom is -0.394 e. The molecule has 0 rings (SSSR count). The third-order valence-electron chi connectivity index (χ3n) is 10.8. The lowest BCUT2D eigenvalue weighted by atomic mass is 10.0. The normalized spacial score (nSPS) is 13.8. The van der Waals surface area contributed by atoms with Gasteiger partial charge in [0.15, 0.2) is 0 Å². The average molecular weight is 746 g/mol. The summed E-state index contributed by atoms with van der Waals surface area (Å²) in [6.07, 6.45) is 55.2. The molecule has 0 aliphatic carbocycles. The van der Waals surface area contributed by atoms with Crippen molar-refractivity contribution in [1.29, 1.82) is 0 Å². The summed E-state index contributed by atoms with van der Waals surface area (Å²) >= 11 is 0. The van der Waals surface area contributed by atoms with Gasteiger partial charge in [0.25, 0.3) is 0 Å². The van der Waals surface area contributed by atoms with Gasteiger partial charge in [0, 0.05) is 0 Å². The van der Waals surface area contributed by atoms with Crippen molar-refractivity contribution in [1.82, 2.24) is 5.32 Å². The van der Waals surface area contributed by atoms with Crippen molar-refractivity contribution in [3.05, 3.63) is 36.5 Å². The van der Waals surface area contributed by atoms with Gasteiger partial charge < -0.3 is 20.6 Å². The second-order valence-corrected chi connectivity index (χ2v) is 16.0. The molecule has 3 atom stereocenters. The first-order chi connectivity index (χ1) is 26.1. The van der Waals surface area contributed by atoms with Gasteiger partial charge in [-0.05, 0) is 39.0 Å². The summed E-state index contributed by atoms with van der Waals surface area (Å²) in [5, 5.41) is 32.9. The number of hydrogen-bond acceptors (Lipinski definition) is 4. The van der Waals surface area contributed by atoms with Gasteiger partial charge in [-0.15, -0.1) is 0 Å².